The molecule has 8 heteroatoms. The largest absolute Gasteiger partial charge is 0.469 e. The van der Waals surface area contributed by atoms with Gasteiger partial charge < -0.3 is 33.2 Å². The highest BCUT2D eigenvalue weighted by Crippen LogP contribution is 2.42. The van der Waals surface area contributed by atoms with Gasteiger partial charge in [0.2, 0.25) is 0 Å². The maximum atomic E-state index is 11.6. The van der Waals surface area contributed by atoms with Gasteiger partial charge in [0.1, 0.15) is 24.4 Å². The van der Waals surface area contributed by atoms with Crippen LogP contribution in [0.1, 0.15) is 54.4 Å². The van der Waals surface area contributed by atoms with Crippen molar-refractivity contribution in [3.8, 4) is 0 Å². The minimum absolute atomic E-state index is 0.245. The fourth-order valence-electron chi connectivity index (χ4n) is 3.96. The van der Waals surface area contributed by atoms with E-state index >= 15 is 0 Å². The van der Waals surface area contributed by atoms with E-state index in [1.165, 1.54) is 7.11 Å². The topological polar surface area (TPSA) is 81.7 Å². The lowest BCUT2D eigenvalue weighted by Gasteiger charge is -2.28. The molecule has 0 radical (unpaired) electrons. The Kier molecular flexibility index (Phi) is 5.62. The van der Waals surface area contributed by atoms with Gasteiger partial charge in [0, 0.05) is 6.42 Å². The number of hydrogen-bond donors (Lipinski definition) is 0. The molecular weight excluding hydrogens is 356 g/mol. The van der Waals surface area contributed by atoms with E-state index in [0.717, 1.165) is 0 Å². The maximum Gasteiger partial charge on any atom is 0.305 e. The minimum atomic E-state index is -0.783. The van der Waals surface area contributed by atoms with Gasteiger partial charge in [-0.2, -0.15) is 0 Å². The third-order valence-corrected chi connectivity index (χ3v) is 4.97. The molecule has 27 heavy (non-hydrogen) atoms. The number of hydrogen-bond acceptors (Lipinski definition) is 8. The molecule has 0 aliphatic carbocycles. The molecule has 3 heterocycles. The monoisotopic (exact) mass is 388 g/mol. The van der Waals surface area contributed by atoms with Gasteiger partial charge in [-0.3, -0.25) is 4.79 Å². The van der Waals surface area contributed by atoms with Gasteiger partial charge in [0.15, 0.2) is 17.4 Å². The molecule has 0 aromatic heterocycles. The smallest absolute Gasteiger partial charge is 0.305 e. The van der Waals surface area contributed by atoms with Crippen LogP contribution in [0.25, 0.3) is 0 Å². The van der Waals surface area contributed by atoms with E-state index in [1.54, 1.807) is 0 Å². The Labute approximate surface area is 160 Å². The summed E-state index contributed by atoms with van der Waals surface area (Å²) in [6, 6.07) is 0. The zero-order valence-electron chi connectivity index (χ0n) is 17.3. The normalized spacial score (nSPS) is 39.6. The number of carbonyl (C=O) groups excluding carboxylic acids is 1. The Morgan fingerprint density at radius 2 is 1.44 bits per heavy atom. The van der Waals surface area contributed by atoms with E-state index in [2.05, 4.69) is 0 Å². The second-order valence-corrected chi connectivity index (χ2v) is 8.69. The first-order chi connectivity index (χ1) is 12.4. The van der Waals surface area contributed by atoms with E-state index in [9.17, 15) is 4.79 Å². The summed E-state index contributed by atoms with van der Waals surface area (Å²) in [5, 5.41) is 0. The van der Waals surface area contributed by atoms with Crippen molar-refractivity contribution < 1.29 is 38.0 Å². The molecule has 0 unspecified atom stereocenters. The average molecular weight is 388 g/mol. The molecule has 3 aliphatic heterocycles. The first kappa shape index (κ1) is 21.0. The molecule has 156 valence electrons. The molecule has 3 fully saturated rings. The van der Waals surface area contributed by atoms with Crippen molar-refractivity contribution in [3.63, 3.8) is 0 Å². The summed E-state index contributed by atoms with van der Waals surface area (Å²) in [5.74, 6) is -2.51. The second-order valence-electron chi connectivity index (χ2n) is 8.69. The molecule has 3 saturated heterocycles. The van der Waals surface area contributed by atoms with Gasteiger partial charge in [-0.15, -0.1) is 0 Å². The van der Waals surface area contributed by atoms with E-state index < -0.39 is 29.6 Å². The van der Waals surface area contributed by atoms with Gasteiger partial charge in [0.25, 0.3) is 0 Å². The van der Waals surface area contributed by atoms with Crippen LogP contribution in [0.15, 0.2) is 0 Å². The second kappa shape index (κ2) is 7.24. The van der Waals surface area contributed by atoms with Crippen LogP contribution in [-0.4, -0.2) is 67.6 Å². The van der Waals surface area contributed by atoms with Crippen molar-refractivity contribution in [3.05, 3.63) is 0 Å². The Balaban J connectivity index is 1.78. The van der Waals surface area contributed by atoms with Crippen molar-refractivity contribution >= 4 is 5.97 Å². The lowest BCUT2D eigenvalue weighted by Crippen LogP contribution is -2.47. The maximum absolute atomic E-state index is 11.6. The Morgan fingerprint density at radius 1 is 0.852 bits per heavy atom. The predicted molar refractivity (Wildman–Crippen MR) is 93.8 cm³/mol. The number of rotatable bonds is 5. The Hall–Kier alpha value is -0.770. The van der Waals surface area contributed by atoms with Crippen LogP contribution in [0.4, 0.5) is 0 Å². The summed E-state index contributed by atoms with van der Waals surface area (Å²) in [6.07, 6.45) is -1.06. The quantitative estimate of drug-likeness (QED) is 0.663. The number of carbonyl (C=O) groups is 1. The van der Waals surface area contributed by atoms with E-state index in [0.29, 0.717) is 13.0 Å². The summed E-state index contributed by atoms with van der Waals surface area (Å²) in [7, 11) is 1.38. The summed E-state index contributed by atoms with van der Waals surface area (Å²) in [6.45, 7) is 11.6. The van der Waals surface area contributed by atoms with E-state index in [4.69, 9.17) is 33.2 Å². The highest BCUT2D eigenvalue weighted by atomic mass is 16.8. The standard InChI is InChI=1S/C19H32O8/c1-17(2)22-10-12(24-17)15-16(27-19(5,6)26-15)14-11(8-9-13(20)21-7)23-18(3,4)25-14/h11-12,14-16H,8-10H2,1-7H3/t11-,12+,14-,15+,16+/m0/s1. The number of methoxy groups -OCH3 is 1. The summed E-state index contributed by atoms with van der Waals surface area (Å²) < 4.78 is 41.1. The molecule has 3 rings (SSSR count). The summed E-state index contributed by atoms with van der Waals surface area (Å²) in [5.41, 5.74) is 0. The highest BCUT2D eigenvalue weighted by Gasteiger charge is 2.57. The third kappa shape index (κ3) is 4.81. The zero-order valence-corrected chi connectivity index (χ0v) is 17.3. The zero-order chi connectivity index (χ0) is 20.0. The molecule has 0 aromatic carbocycles. The van der Waals surface area contributed by atoms with Gasteiger partial charge in [0.05, 0.1) is 19.8 Å². The summed E-state index contributed by atoms with van der Waals surface area (Å²) >= 11 is 0. The van der Waals surface area contributed by atoms with E-state index in [1.807, 2.05) is 41.5 Å². The van der Waals surface area contributed by atoms with Crippen molar-refractivity contribution in [1.29, 1.82) is 0 Å². The van der Waals surface area contributed by atoms with Gasteiger partial charge >= 0.3 is 5.97 Å². The average Bonchev–Trinajstić information content (AvgIpc) is 3.17. The van der Waals surface area contributed by atoms with Crippen molar-refractivity contribution in [2.24, 2.45) is 0 Å². The van der Waals surface area contributed by atoms with Gasteiger partial charge in [-0.05, 0) is 48.0 Å². The van der Waals surface area contributed by atoms with Crippen LogP contribution in [0.2, 0.25) is 0 Å². The molecule has 0 N–H and O–H groups in total. The minimum Gasteiger partial charge on any atom is -0.469 e. The van der Waals surface area contributed by atoms with Crippen LogP contribution in [0, 0.1) is 0 Å². The number of ether oxygens (including phenoxy) is 7. The van der Waals surface area contributed by atoms with Gasteiger partial charge in [-0.25, -0.2) is 0 Å². The molecule has 0 aromatic rings. The molecule has 3 aliphatic rings. The van der Waals surface area contributed by atoms with Crippen molar-refractivity contribution in [2.45, 2.75) is 102 Å². The molecular formula is C19H32O8. The van der Waals surface area contributed by atoms with Crippen LogP contribution in [0.3, 0.4) is 0 Å². The fourth-order valence-corrected chi connectivity index (χ4v) is 3.96. The van der Waals surface area contributed by atoms with Crippen LogP contribution < -0.4 is 0 Å². The number of esters is 1. The molecule has 8 nitrogen and oxygen atoms in total. The van der Waals surface area contributed by atoms with Crippen molar-refractivity contribution in [2.75, 3.05) is 13.7 Å². The third-order valence-electron chi connectivity index (χ3n) is 4.97. The first-order valence-electron chi connectivity index (χ1n) is 9.51. The predicted octanol–water partition coefficient (Wildman–Crippen LogP) is 2.13. The van der Waals surface area contributed by atoms with E-state index in [-0.39, 0.29) is 30.7 Å². The summed E-state index contributed by atoms with van der Waals surface area (Å²) in [4.78, 5) is 11.6. The fraction of sp³-hybridized carbons (Fsp3) is 0.947. The Bertz CT molecular complexity index is 558. The first-order valence-corrected chi connectivity index (χ1v) is 9.51. The van der Waals surface area contributed by atoms with Crippen LogP contribution in [-0.2, 0) is 38.0 Å². The molecule has 0 amide bonds. The lowest BCUT2D eigenvalue weighted by atomic mass is 9.97. The Morgan fingerprint density at radius 3 is 2.04 bits per heavy atom. The molecule has 5 atom stereocenters. The molecule has 0 spiro atoms. The molecule has 0 saturated carbocycles. The van der Waals surface area contributed by atoms with Gasteiger partial charge in [-0.1, -0.05) is 0 Å². The lowest BCUT2D eigenvalue weighted by molar-refractivity contribution is -0.178. The SMILES string of the molecule is COC(=O)CC[C@@H]1OC(C)(C)O[C@@H]1[C@H]1OC(C)(C)O[C@@H]1[C@H]1COC(C)(C)O1. The van der Waals surface area contributed by atoms with Crippen LogP contribution in [0.5, 0.6) is 0 Å². The molecule has 0 bridgehead atoms. The highest BCUT2D eigenvalue weighted by molar-refractivity contribution is 5.69. The van der Waals surface area contributed by atoms with Crippen LogP contribution >= 0.6 is 0 Å². The van der Waals surface area contributed by atoms with Crippen molar-refractivity contribution in [1.82, 2.24) is 0 Å².